The lowest BCUT2D eigenvalue weighted by Crippen LogP contribution is -2.36. The molecule has 0 saturated heterocycles. The molecule has 0 aliphatic rings. The molecule has 0 bridgehead atoms. The van der Waals surface area contributed by atoms with Gasteiger partial charge in [0, 0.05) is 17.6 Å². The minimum Gasteiger partial charge on any atom is -0.325 e. The molecule has 0 amide bonds. The van der Waals surface area contributed by atoms with Gasteiger partial charge in [-0.3, -0.25) is 0 Å². The van der Waals surface area contributed by atoms with Crippen LogP contribution in [0.1, 0.15) is 162 Å². The van der Waals surface area contributed by atoms with Crippen molar-refractivity contribution in [2.45, 2.75) is 180 Å². The molecule has 0 spiro atoms. The fraction of sp³-hybridized carbons (Fsp3) is 1.00. The molecule has 4 atom stereocenters. The van der Waals surface area contributed by atoms with Gasteiger partial charge < -0.3 is 15.5 Å². The van der Waals surface area contributed by atoms with Gasteiger partial charge in [-0.15, -0.1) is 0 Å². The molecule has 0 aromatic heterocycles. The first-order valence-corrected chi connectivity index (χ1v) is 16.3. The Bertz CT molecular complexity index is 362. The summed E-state index contributed by atoms with van der Waals surface area (Å²) in [4.78, 5) is 4.67. The van der Waals surface area contributed by atoms with Crippen LogP contribution in [0.2, 0.25) is 0 Å². The van der Waals surface area contributed by atoms with E-state index >= 15 is 0 Å². The van der Waals surface area contributed by atoms with E-state index in [2.05, 4.69) is 107 Å². The highest BCUT2D eigenvalue weighted by Gasteiger charge is 2.16. The SMILES string of the molecule is CC.CC.CC.CCC(C)(N)CC(C)C.CCCC(C)C[C@@H](CC)N(C)C.CC[C@H](CC(C)C)N(C)C. The second-order valence-electron chi connectivity index (χ2n) is 11.4. The summed E-state index contributed by atoms with van der Waals surface area (Å²) in [5, 5.41) is 0. The van der Waals surface area contributed by atoms with Crippen molar-refractivity contribution in [2.75, 3.05) is 28.2 Å². The molecule has 0 saturated carbocycles. The zero-order chi connectivity index (χ0) is 31.2. The molecule has 0 aromatic carbocycles. The van der Waals surface area contributed by atoms with E-state index in [0.29, 0.717) is 0 Å². The highest BCUT2D eigenvalue weighted by atomic mass is 15.1. The molecular formula is C34H83N3. The van der Waals surface area contributed by atoms with Gasteiger partial charge in [-0.2, -0.15) is 0 Å². The molecule has 37 heavy (non-hydrogen) atoms. The van der Waals surface area contributed by atoms with Crippen molar-refractivity contribution in [2.24, 2.45) is 23.5 Å². The average molecular weight is 534 g/mol. The molecule has 0 rings (SSSR count). The van der Waals surface area contributed by atoms with E-state index in [-0.39, 0.29) is 5.54 Å². The maximum Gasteiger partial charge on any atom is 0.0125 e. The second kappa shape index (κ2) is 35.9. The van der Waals surface area contributed by atoms with Gasteiger partial charge in [0.05, 0.1) is 0 Å². The van der Waals surface area contributed by atoms with Gasteiger partial charge in [0.25, 0.3) is 0 Å². The maximum atomic E-state index is 5.92. The van der Waals surface area contributed by atoms with Crippen molar-refractivity contribution in [1.29, 1.82) is 0 Å². The molecule has 3 nitrogen and oxygen atoms in total. The van der Waals surface area contributed by atoms with Crippen LogP contribution in [0.3, 0.4) is 0 Å². The lowest BCUT2D eigenvalue weighted by atomic mass is 9.90. The Kier molecular flexibility index (Phi) is 48.3. The summed E-state index contributed by atoms with van der Waals surface area (Å²) < 4.78 is 0. The first-order chi connectivity index (χ1) is 17.2. The predicted molar refractivity (Wildman–Crippen MR) is 180 cm³/mol. The zero-order valence-electron chi connectivity index (χ0n) is 30.5. The monoisotopic (exact) mass is 534 g/mol. The van der Waals surface area contributed by atoms with E-state index in [1.165, 1.54) is 38.5 Å². The molecule has 2 N–H and O–H groups in total. The maximum absolute atomic E-state index is 5.92. The van der Waals surface area contributed by atoms with E-state index in [4.69, 9.17) is 5.73 Å². The Morgan fingerprint density at radius 2 is 0.973 bits per heavy atom. The molecule has 3 heteroatoms. The highest BCUT2D eigenvalue weighted by molar-refractivity contribution is 4.77. The Morgan fingerprint density at radius 1 is 0.622 bits per heavy atom. The summed E-state index contributed by atoms with van der Waals surface area (Å²) in [6, 6.07) is 1.56. The van der Waals surface area contributed by atoms with Gasteiger partial charge in [-0.25, -0.2) is 0 Å². The smallest absolute Gasteiger partial charge is 0.0125 e. The van der Waals surface area contributed by atoms with Gasteiger partial charge in [0.2, 0.25) is 0 Å². The number of hydrogen-bond donors (Lipinski definition) is 1. The van der Waals surface area contributed by atoms with Crippen LogP contribution >= 0.6 is 0 Å². The van der Waals surface area contributed by atoms with Crippen molar-refractivity contribution >= 4 is 0 Å². The van der Waals surface area contributed by atoms with Crippen LogP contribution in [-0.4, -0.2) is 55.6 Å². The first-order valence-electron chi connectivity index (χ1n) is 16.3. The zero-order valence-corrected chi connectivity index (χ0v) is 30.5. The Balaban J connectivity index is -0.0000000887. The van der Waals surface area contributed by atoms with E-state index in [0.717, 1.165) is 42.7 Å². The number of nitrogens with zero attached hydrogens (tertiary/aromatic N) is 2. The summed E-state index contributed by atoms with van der Waals surface area (Å²) >= 11 is 0. The fourth-order valence-corrected chi connectivity index (χ4v) is 4.18. The third-order valence-electron chi connectivity index (χ3n) is 6.28. The minimum absolute atomic E-state index is 0.0637. The molecule has 0 aromatic rings. The molecule has 0 aliphatic heterocycles. The van der Waals surface area contributed by atoms with Gasteiger partial charge >= 0.3 is 0 Å². The number of rotatable bonds is 13. The molecule has 0 heterocycles. The van der Waals surface area contributed by atoms with E-state index in [1.807, 2.05) is 41.5 Å². The van der Waals surface area contributed by atoms with Crippen LogP contribution in [0.25, 0.3) is 0 Å². The summed E-state index contributed by atoms with van der Waals surface area (Å²) in [5.74, 6) is 2.44. The van der Waals surface area contributed by atoms with Crippen molar-refractivity contribution < 1.29 is 0 Å². The van der Waals surface area contributed by atoms with Gasteiger partial charge in [-0.1, -0.05) is 117 Å². The Hall–Kier alpha value is -0.120. The molecule has 2 unspecified atom stereocenters. The van der Waals surface area contributed by atoms with Gasteiger partial charge in [0.1, 0.15) is 0 Å². The predicted octanol–water partition coefficient (Wildman–Crippen LogP) is 10.8. The van der Waals surface area contributed by atoms with E-state index in [9.17, 15) is 0 Å². The van der Waals surface area contributed by atoms with Gasteiger partial charge in [0.15, 0.2) is 0 Å². The van der Waals surface area contributed by atoms with Gasteiger partial charge in [-0.05, 0) is 91.4 Å². The Morgan fingerprint density at radius 3 is 1.14 bits per heavy atom. The average Bonchev–Trinajstić information content (AvgIpc) is 2.84. The highest BCUT2D eigenvalue weighted by Crippen LogP contribution is 2.17. The van der Waals surface area contributed by atoms with Crippen LogP contribution < -0.4 is 5.73 Å². The second-order valence-corrected chi connectivity index (χ2v) is 11.4. The number of nitrogens with two attached hydrogens (primary N) is 1. The summed E-state index contributed by atoms with van der Waals surface area (Å²) in [6.07, 6.45) is 10.1. The first kappa shape index (κ1) is 49.8. The fourth-order valence-electron chi connectivity index (χ4n) is 4.18. The molecular weight excluding hydrogens is 450 g/mol. The molecule has 0 aliphatic carbocycles. The van der Waals surface area contributed by atoms with E-state index in [1.54, 1.807) is 0 Å². The summed E-state index contributed by atoms with van der Waals surface area (Å²) in [5.41, 5.74) is 5.98. The quantitative estimate of drug-likeness (QED) is 0.255. The van der Waals surface area contributed by atoms with Crippen LogP contribution in [0.15, 0.2) is 0 Å². The van der Waals surface area contributed by atoms with Crippen molar-refractivity contribution in [1.82, 2.24) is 9.80 Å². The molecule has 234 valence electrons. The summed E-state index contributed by atoms with van der Waals surface area (Å²) in [6.45, 7) is 34.4. The van der Waals surface area contributed by atoms with Crippen molar-refractivity contribution in [3.05, 3.63) is 0 Å². The van der Waals surface area contributed by atoms with Crippen molar-refractivity contribution in [3.63, 3.8) is 0 Å². The third kappa shape index (κ3) is 43.2. The van der Waals surface area contributed by atoms with Crippen molar-refractivity contribution in [3.8, 4) is 0 Å². The van der Waals surface area contributed by atoms with E-state index < -0.39 is 0 Å². The number of hydrogen-bond acceptors (Lipinski definition) is 3. The lowest BCUT2D eigenvalue weighted by molar-refractivity contribution is 0.238. The van der Waals surface area contributed by atoms with Crippen LogP contribution in [0.5, 0.6) is 0 Å². The van der Waals surface area contributed by atoms with Crippen LogP contribution in [0.4, 0.5) is 0 Å². The lowest BCUT2D eigenvalue weighted by Gasteiger charge is -2.25. The summed E-state index contributed by atoms with van der Waals surface area (Å²) in [7, 11) is 8.70. The minimum atomic E-state index is 0.0637. The normalized spacial score (nSPS) is 14.2. The Labute approximate surface area is 241 Å². The topological polar surface area (TPSA) is 32.5 Å². The molecule has 0 fully saturated rings. The van der Waals surface area contributed by atoms with Crippen LogP contribution in [0, 0.1) is 17.8 Å². The standard InChI is InChI=1S/C11H25N.C9H21N.C8H19N.3C2H6/c1-6-8-10(3)9-11(7-2)12(4)5;1-6-9(10(4)5)7-8(2)3;1-5-8(4,9)6-7(2)3;3*1-2/h10-11H,6-9H2,1-5H3;8-9H,6-7H2,1-5H3;7H,5-6,9H2,1-4H3;3*1-2H3/t10?,11-;9-;;;;/m11..../s1. The largest absolute Gasteiger partial charge is 0.325 e. The van der Waals surface area contributed by atoms with Crippen LogP contribution in [-0.2, 0) is 0 Å². The molecule has 0 radical (unpaired) electrons. The third-order valence-corrected chi connectivity index (χ3v) is 6.28.